The topological polar surface area (TPSA) is 60.7 Å². The smallest absolute Gasteiger partial charge is 0.211 e. The van der Waals surface area contributed by atoms with Gasteiger partial charge in [-0.3, -0.25) is 0 Å². The molecule has 0 aromatic rings. The van der Waals surface area contributed by atoms with E-state index in [1.807, 2.05) is 0 Å². The van der Waals surface area contributed by atoms with Crippen molar-refractivity contribution in [1.29, 1.82) is 0 Å². The van der Waals surface area contributed by atoms with Gasteiger partial charge in [0.15, 0.2) is 0 Å². The lowest BCUT2D eigenvalue weighted by atomic mass is 10.2. The standard InChI is InChI=1S/C4H10O3S2/c1-2-3(5,6)4(7,8)9/h5-9H,2H2,1H3. The average Bonchev–Trinajstić information content (AvgIpc) is 1.64. The highest BCUT2D eigenvalue weighted by Crippen LogP contribution is 2.29. The van der Waals surface area contributed by atoms with Crippen LogP contribution in [0.25, 0.3) is 0 Å². The number of hydrogen-bond acceptors (Lipinski definition) is 5. The summed E-state index contributed by atoms with van der Waals surface area (Å²) in [7, 11) is 0. The average molecular weight is 170 g/mol. The zero-order valence-electron chi connectivity index (χ0n) is 4.94. The van der Waals surface area contributed by atoms with E-state index in [-0.39, 0.29) is 6.42 Å². The van der Waals surface area contributed by atoms with Gasteiger partial charge in [-0.05, 0) is 0 Å². The summed E-state index contributed by atoms with van der Waals surface area (Å²) in [5, 5.41) is 26.4. The van der Waals surface area contributed by atoms with Gasteiger partial charge in [0, 0.05) is 6.42 Å². The summed E-state index contributed by atoms with van der Waals surface area (Å²) in [6.45, 7) is 1.50. The highest BCUT2D eigenvalue weighted by Gasteiger charge is 2.40. The second kappa shape index (κ2) is 2.67. The van der Waals surface area contributed by atoms with Crippen LogP contribution in [0.1, 0.15) is 13.3 Å². The van der Waals surface area contributed by atoms with E-state index in [0.717, 1.165) is 0 Å². The lowest BCUT2D eigenvalue weighted by Gasteiger charge is -2.30. The maximum Gasteiger partial charge on any atom is 0.211 e. The van der Waals surface area contributed by atoms with Crippen LogP contribution in [0.5, 0.6) is 0 Å². The van der Waals surface area contributed by atoms with Crippen molar-refractivity contribution < 1.29 is 15.3 Å². The van der Waals surface area contributed by atoms with E-state index in [0.29, 0.717) is 0 Å². The molecule has 0 bridgehead atoms. The summed E-state index contributed by atoms with van der Waals surface area (Å²) in [4.78, 5) is 0. The molecule has 0 amide bonds. The fourth-order valence-electron chi connectivity index (χ4n) is 0.237. The number of aliphatic hydroxyl groups is 3. The molecule has 0 heterocycles. The Kier molecular flexibility index (Phi) is 2.85. The van der Waals surface area contributed by atoms with Crippen LogP contribution in [-0.2, 0) is 0 Å². The Morgan fingerprint density at radius 1 is 1.22 bits per heavy atom. The van der Waals surface area contributed by atoms with Gasteiger partial charge >= 0.3 is 0 Å². The van der Waals surface area contributed by atoms with Gasteiger partial charge in [0.2, 0.25) is 10.1 Å². The van der Waals surface area contributed by atoms with Crippen molar-refractivity contribution in [2.75, 3.05) is 0 Å². The van der Waals surface area contributed by atoms with Crippen molar-refractivity contribution in [3.05, 3.63) is 0 Å². The Morgan fingerprint density at radius 3 is 1.56 bits per heavy atom. The Morgan fingerprint density at radius 2 is 1.56 bits per heavy atom. The highest BCUT2D eigenvalue weighted by molar-refractivity contribution is 8.00. The van der Waals surface area contributed by atoms with Crippen LogP contribution in [0.2, 0.25) is 0 Å². The first-order valence-corrected chi connectivity index (χ1v) is 3.32. The molecule has 3 N–H and O–H groups in total. The summed E-state index contributed by atoms with van der Waals surface area (Å²) in [6.07, 6.45) is -0.0312. The van der Waals surface area contributed by atoms with E-state index in [2.05, 4.69) is 25.3 Å². The third-order valence-corrected chi connectivity index (χ3v) is 1.75. The van der Waals surface area contributed by atoms with Crippen LogP contribution in [0.3, 0.4) is 0 Å². The van der Waals surface area contributed by atoms with E-state index in [4.69, 9.17) is 15.3 Å². The molecule has 9 heavy (non-hydrogen) atoms. The van der Waals surface area contributed by atoms with Gasteiger partial charge in [0.25, 0.3) is 0 Å². The van der Waals surface area contributed by atoms with E-state index in [1.165, 1.54) is 6.92 Å². The molecule has 5 heteroatoms. The van der Waals surface area contributed by atoms with E-state index < -0.39 is 10.1 Å². The van der Waals surface area contributed by atoms with Crippen molar-refractivity contribution in [2.24, 2.45) is 0 Å². The molecule has 0 saturated heterocycles. The molecular weight excluding hydrogens is 160 g/mol. The molecule has 0 rings (SSSR count). The third-order valence-electron chi connectivity index (χ3n) is 1.03. The Bertz CT molecular complexity index is 96.5. The summed E-state index contributed by atoms with van der Waals surface area (Å²) >= 11 is 6.87. The Hall–Kier alpha value is 0.580. The summed E-state index contributed by atoms with van der Waals surface area (Å²) in [6, 6.07) is 0. The molecule has 56 valence electrons. The first-order valence-electron chi connectivity index (χ1n) is 2.43. The van der Waals surface area contributed by atoms with Crippen molar-refractivity contribution >= 4 is 25.3 Å². The van der Waals surface area contributed by atoms with Gasteiger partial charge in [-0.15, -0.1) is 25.3 Å². The minimum Gasteiger partial charge on any atom is -0.366 e. The van der Waals surface area contributed by atoms with Gasteiger partial charge in [0.05, 0.1) is 0 Å². The maximum absolute atomic E-state index is 8.81. The predicted molar refractivity (Wildman–Crippen MR) is 40.4 cm³/mol. The minimum atomic E-state index is -2.24. The number of hydrogen-bond donors (Lipinski definition) is 5. The number of thiol groups is 2. The van der Waals surface area contributed by atoms with Gasteiger partial charge < -0.3 is 15.3 Å². The molecule has 0 aromatic heterocycles. The Labute approximate surface area is 64.5 Å². The number of rotatable bonds is 2. The van der Waals surface area contributed by atoms with Gasteiger partial charge in [-0.2, -0.15) is 0 Å². The van der Waals surface area contributed by atoms with Crippen molar-refractivity contribution in [3.63, 3.8) is 0 Å². The van der Waals surface area contributed by atoms with Crippen LogP contribution < -0.4 is 0 Å². The molecule has 0 aromatic carbocycles. The molecular formula is C4H10O3S2. The van der Waals surface area contributed by atoms with Crippen molar-refractivity contribution in [3.8, 4) is 0 Å². The lowest BCUT2D eigenvalue weighted by molar-refractivity contribution is -0.210. The molecule has 0 fully saturated rings. The minimum absolute atomic E-state index is 0.0312. The summed E-state index contributed by atoms with van der Waals surface area (Å²) in [5.41, 5.74) is 0. The van der Waals surface area contributed by atoms with Crippen LogP contribution in [0.4, 0.5) is 0 Å². The molecule has 3 nitrogen and oxygen atoms in total. The summed E-state index contributed by atoms with van der Waals surface area (Å²) in [5.74, 6) is -2.24. The highest BCUT2D eigenvalue weighted by atomic mass is 32.2. The van der Waals surface area contributed by atoms with Crippen molar-refractivity contribution in [1.82, 2.24) is 0 Å². The zero-order valence-corrected chi connectivity index (χ0v) is 6.73. The fraction of sp³-hybridized carbons (Fsp3) is 1.00. The van der Waals surface area contributed by atoms with E-state index in [1.54, 1.807) is 0 Å². The normalized spacial score (nSPS) is 14.0. The first kappa shape index (κ1) is 9.58. The van der Waals surface area contributed by atoms with Gasteiger partial charge in [0.1, 0.15) is 0 Å². The molecule has 0 aliphatic heterocycles. The fourth-order valence-corrected chi connectivity index (χ4v) is 0.553. The largest absolute Gasteiger partial charge is 0.366 e. The van der Waals surface area contributed by atoms with Gasteiger partial charge in [-0.25, -0.2) is 0 Å². The molecule has 0 saturated carbocycles. The molecule has 0 atom stereocenters. The second-order valence-corrected chi connectivity index (χ2v) is 3.45. The van der Waals surface area contributed by atoms with Crippen molar-refractivity contribution in [2.45, 2.75) is 23.4 Å². The predicted octanol–water partition coefficient (Wildman–Crippen LogP) is -0.417. The van der Waals surface area contributed by atoms with Crippen LogP contribution in [-0.4, -0.2) is 25.4 Å². The molecule has 0 spiro atoms. The SMILES string of the molecule is CCC(O)(O)C(O)(S)S. The molecule has 0 aliphatic rings. The zero-order chi connectivity index (χ0) is 7.71. The van der Waals surface area contributed by atoms with Gasteiger partial charge in [-0.1, -0.05) is 6.92 Å². The third kappa shape index (κ3) is 2.35. The monoisotopic (exact) mass is 170 g/mol. The second-order valence-electron chi connectivity index (χ2n) is 1.81. The van der Waals surface area contributed by atoms with Crippen LogP contribution in [0, 0.1) is 0 Å². The Balaban J connectivity index is 4.14. The van der Waals surface area contributed by atoms with E-state index in [9.17, 15) is 0 Å². The van der Waals surface area contributed by atoms with Crippen LogP contribution >= 0.6 is 25.3 Å². The molecule has 0 radical (unpaired) electrons. The maximum atomic E-state index is 8.81. The molecule has 0 unspecified atom stereocenters. The van der Waals surface area contributed by atoms with E-state index >= 15 is 0 Å². The quantitative estimate of drug-likeness (QED) is 0.289. The molecule has 0 aliphatic carbocycles. The lowest BCUT2D eigenvalue weighted by Crippen LogP contribution is -2.45. The van der Waals surface area contributed by atoms with Crippen LogP contribution in [0.15, 0.2) is 0 Å². The summed E-state index contributed by atoms with van der Waals surface area (Å²) < 4.78 is -2.05. The first-order chi connectivity index (χ1) is 3.81.